The van der Waals surface area contributed by atoms with E-state index in [0.717, 1.165) is 37.4 Å². The van der Waals surface area contributed by atoms with Crippen molar-refractivity contribution in [1.29, 1.82) is 0 Å². The van der Waals surface area contributed by atoms with Crippen LogP contribution in [0.4, 0.5) is 5.69 Å². The number of imidazole rings is 1. The van der Waals surface area contributed by atoms with Crippen LogP contribution in [0.1, 0.15) is 53.5 Å². The minimum atomic E-state index is -0.693. The number of nitrogens with one attached hydrogen (secondary N) is 1. The van der Waals surface area contributed by atoms with Gasteiger partial charge in [0.05, 0.1) is 17.6 Å². The summed E-state index contributed by atoms with van der Waals surface area (Å²) in [5, 5.41) is 2.33. The van der Waals surface area contributed by atoms with E-state index >= 15 is 0 Å². The van der Waals surface area contributed by atoms with E-state index < -0.39 is 17.6 Å². The Balaban J connectivity index is 0.00000167. The molecule has 1 N–H and O–H groups in total. The van der Waals surface area contributed by atoms with Crippen molar-refractivity contribution in [3.8, 4) is 0 Å². The topological polar surface area (TPSA) is 106 Å². The molecule has 2 fully saturated rings. The molecule has 2 aliphatic rings. The Morgan fingerprint density at radius 1 is 1.06 bits per heavy atom. The normalized spacial score (nSPS) is 19.3. The quantitative estimate of drug-likeness (QED) is 0.518. The number of hydrogen-bond acceptors (Lipinski definition) is 7. The lowest BCUT2D eigenvalue weighted by atomic mass is 10.1. The summed E-state index contributed by atoms with van der Waals surface area (Å²) in [6, 6.07) is 5.08. The molecule has 3 heterocycles. The van der Waals surface area contributed by atoms with E-state index in [1.54, 1.807) is 11.6 Å². The molecule has 2 aliphatic heterocycles. The molecule has 192 valence electrons. The van der Waals surface area contributed by atoms with Crippen LogP contribution in [0.25, 0.3) is 11.0 Å². The van der Waals surface area contributed by atoms with Gasteiger partial charge < -0.3 is 9.64 Å². The van der Waals surface area contributed by atoms with Crippen LogP contribution in [0.15, 0.2) is 23.0 Å². The van der Waals surface area contributed by atoms with Crippen LogP contribution >= 0.6 is 0 Å². The van der Waals surface area contributed by atoms with Crippen LogP contribution in [0.2, 0.25) is 0 Å². The molecule has 35 heavy (non-hydrogen) atoms. The summed E-state index contributed by atoms with van der Waals surface area (Å²) in [5.41, 5.74) is 1.62. The molecule has 0 radical (unpaired) electrons. The standard InChI is InChI=1S/C23H31N5O5.C2H6/c1-23(2,3)33-20(30)14-26-9-11-27(12-10-26)15-5-6-16-18(13-15)25(4)22(32)28(16)17-7-8-19(29)24-21(17)31;1-2/h5-6,13,17H,7-12,14H2,1-4H3,(H,24,29,31);1-2H3. The van der Waals surface area contributed by atoms with Crippen molar-refractivity contribution in [3.63, 3.8) is 0 Å². The highest BCUT2D eigenvalue weighted by molar-refractivity contribution is 6.00. The minimum Gasteiger partial charge on any atom is -0.459 e. The highest BCUT2D eigenvalue weighted by atomic mass is 16.6. The fourth-order valence-electron chi connectivity index (χ4n) is 4.50. The molecule has 1 aromatic carbocycles. The second kappa shape index (κ2) is 10.6. The number of rotatable bonds is 4. The van der Waals surface area contributed by atoms with Crippen LogP contribution in [0.3, 0.4) is 0 Å². The van der Waals surface area contributed by atoms with Crippen LogP contribution < -0.4 is 15.9 Å². The minimum absolute atomic E-state index is 0.213. The van der Waals surface area contributed by atoms with Gasteiger partial charge in [0.15, 0.2) is 0 Å². The number of piperazine rings is 1. The van der Waals surface area contributed by atoms with Gasteiger partial charge in [-0.25, -0.2) is 4.79 Å². The van der Waals surface area contributed by atoms with Crippen LogP contribution in [0.5, 0.6) is 0 Å². The third-order valence-electron chi connectivity index (χ3n) is 6.10. The average Bonchev–Trinajstić information content (AvgIpc) is 3.04. The van der Waals surface area contributed by atoms with Crippen molar-refractivity contribution in [2.75, 3.05) is 37.6 Å². The molecule has 0 spiro atoms. The summed E-state index contributed by atoms with van der Waals surface area (Å²) < 4.78 is 8.44. The van der Waals surface area contributed by atoms with Gasteiger partial charge in [-0.3, -0.25) is 33.7 Å². The van der Waals surface area contributed by atoms with Gasteiger partial charge in [0.2, 0.25) is 11.8 Å². The zero-order chi connectivity index (χ0) is 25.9. The molecule has 0 aliphatic carbocycles. The number of benzene rings is 1. The summed E-state index contributed by atoms with van der Waals surface area (Å²) in [5.74, 6) is -0.967. The predicted molar refractivity (Wildman–Crippen MR) is 134 cm³/mol. The summed E-state index contributed by atoms with van der Waals surface area (Å²) in [6.45, 7) is 12.8. The van der Waals surface area contributed by atoms with Gasteiger partial charge in [0, 0.05) is 45.3 Å². The number of fused-ring (bicyclic) bond motifs is 1. The van der Waals surface area contributed by atoms with E-state index in [4.69, 9.17) is 4.74 Å². The first-order valence-corrected chi connectivity index (χ1v) is 12.3. The molecule has 1 unspecified atom stereocenters. The number of carbonyl (C=O) groups excluding carboxylic acids is 3. The van der Waals surface area contributed by atoms with E-state index in [0.29, 0.717) is 11.9 Å². The number of imide groups is 1. The number of anilines is 1. The third kappa shape index (κ3) is 5.93. The summed E-state index contributed by atoms with van der Waals surface area (Å²) in [7, 11) is 1.69. The van der Waals surface area contributed by atoms with Crippen LogP contribution in [-0.2, 0) is 26.2 Å². The number of piperidine rings is 1. The van der Waals surface area contributed by atoms with Gasteiger partial charge in [-0.2, -0.15) is 0 Å². The maximum Gasteiger partial charge on any atom is 0.329 e. The number of esters is 1. The van der Waals surface area contributed by atoms with E-state index in [1.165, 1.54) is 4.57 Å². The largest absolute Gasteiger partial charge is 0.459 e. The maximum atomic E-state index is 12.9. The van der Waals surface area contributed by atoms with Gasteiger partial charge in [0.1, 0.15) is 11.6 Å². The van der Waals surface area contributed by atoms with E-state index in [9.17, 15) is 19.2 Å². The number of ether oxygens (including phenoxy) is 1. The first kappa shape index (κ1) is 26.5. The smallest absolute Gasteiger partial charge is 0.329 e. The van der Waals surface area contributed by atoms with Crippen LogP contribution in [-0.4, -0.2) is 70.1 Å². The van der Waals surface area contributed by atoms with Gasteiger partial charge in [-0.1, -0.05) is 13.8 Å². The summed E-state index contributed by atoms with van der Waals surface area (Å²) in [4.78, 5) is 53.2. The fraction of sp³-hybridized carbons (Fsp3) is 0.600. The lowest BCUT2D eigenvalue weighted by molar-refractivity contribution is -0.156. The van der Waals surface area contributed by atoms with Crippen molar-refractivity contribution in [3.05, 3.63) is 28.7 Å². The molecule has 2 amide bonds. The Morgan fingerprint density at radius 2 is 1.71 bits per heavy atom. The van der Waals surface area contributed by atoms with Crippen molar-refractivity contribution in [2.24, 2.45) is 7.05 Å². The lowest BCUT2D eigenvalue weighted by Gasteiger charge is -2.36. The fourth-order valence-corrected chi connectivity index (χ4v) is 4.50. The van der Waals surface area contributed by atoms with E-state index in [1.807, 2.05) is 52.8 Å². The highest BCUT2D eigenvalue weighted by Crippen LogP contribution is 2.27. The van der Waals surface area contributed by atoms with E-state index in [-0.39, 0.29) is 30.5 Å². The Morgan fingerprint density at radius 3 is 2.31 bits per heavy atom. The molecule has 2 aromatic rings. The predicted octanol–water partition coefficient (Wildman–Crippen LogP) is 1.81. The molecule has 2 saturated heterocycles. The number of amides is 2. The lowest BCUT2D eigenvalue weighted by Crippen LogP contribution is -2.48. The number of aromatic nitrogens is 2. The monoisotopic (exact) mass is 487 g/mol. The van der Waals surface area contributed by atoms with E-state index in [2.05, 4.69) is 15.1 Å². The van der Waals surface area contributed by atoms with Crippen molar-refractivity contribution < 1.29 is 19.1 Å². The molecule has 0 bridgehead atoms. The van der Waals surface area contributed by atoms with Gasteiger partial charge in [-0.05, 0) is 45.4 Å². The molecule has 1 atom stereocenters. The molecular weight excluding hydrogens is 450 g/mol. The van der Waals surface area contributed by atoms with Gasteiger partial charge in [0.25, 0.3) is 0 Å². The molecule has 10 heteroatoms. The zero-order valence-corrected chi connectivity index (χ0v) is 21.6. The van der Waals surface area contributed by atoms with Crippen molar-refractivity contribution >= 4 is 34.5 Å². The molecule has 1 aromatic heterocycles. The highest BCUT2D eigenvalue weighted by Gasteiger charge is 2.31. The van der Waals surface area contributed by atoms with Gasteiger partial charge >= 0.3 is 11.7 Å². The summed E-state index contributed by atoms with van der Waals surface area (Å²) >= 11 is 0. The second-order valence-electron chi connectivity index (χ2n) is 9.70. The zero-order valence-electron chi connectivity index (χ0n) is 21.6. The Kier molecular flexibility index (Phi) is 8.04. The number of hydrogen-bond donors (Lipinski definition) is 1. The molecule has 10 nitrogen and oxygen atoms in total. The van der Waals surface area contributed by atoms with Crippen LogP contribution in [0, 0.1) is 0 Å². The number of aryl methyl sites for hydroxylation is 1. The Hall–Kier alpha value is -3.14. The molecule has 4 rings (SSSR count). The molecule has 0 saturated carbocycles. The Bertz CT molecular complexity index is 1150. The first-order valence-electron chi connectivity index (χ1n) is 12.3. The first-order chi connectivity index (χ1) is 16.5. The average molecular weight is 488 g/mol. The number of carbonyl (C=O) groups is 3. The van der Waals surface area contributed by atoms with Crippen molar-refractivity contribution in [2.45, 2.75) is 59.1 Å². The Labute approximate surface area is 205 Å². The van der Waals surface area contributed by atoms with Gasteiger partial charge in [-0.15, -0.1) is 0 Å². The second-order valence-corrected chi connectivity index (χ2v) is 9.70. The third-order valence-corrected chi connectivity index (χ3v) is 6.10. The van der Waals surface area contributed by atoms with Crippen molar-refractivity contribution in [1.82, 2.24) is 19.4 Å². The number of nitrogens with zero attached hydrogens (tertiary/aromatic N) is 4. The SMILES string of the molecule is CC.Cn1c(=O)n(C2CCC(=O)NC2=O)c2ccc(N3CCN(CC(=O)OC(C)(C)C)CC3)cc21. The summed E-state index contributed by atoms with van der Waals surface area (Å²) in [6.07, 6.45) is 0.524. The molecular formula is C25H37N5O5. The maximum absolute atomic E-state index is 12.9.